The fraction of sp³-hybridized carbons (Fsp3) is 0.917. The van der Waals surface area contributed by atoms with Crippen LogP contribution in [0.25, 0.3) is 0 Å². The van der Waals surface area contributed by atoms with Crippen LogP contribution in [0.15, 0.2) is 0 Å². The first-order valence-corrected chi connectivity index (χ1v) is 9.35. The fourth-order valence-electron chi connectivity index (χ4n) is 2.49. The van der Waals surface area contributed by atoms with E-state index >= 15 is 0 Å². The molecule has 106 valence electrons. The summed E-state index contributed by atoms with van der Waals surface area (Å²) < 4.78 is 22.8. The smallest absolute Gasteiger partial charge is 0.238 e. The van der Waals surface area contributed by atoms with E-state index in [0.717, 1.165) is 25.5 Å². The minimum absolute atomic E-state index is 0.284. The Morgan fingerprint density at radius 2 is 2.17 bits per heavy atom. The lowest BCUT2D eigenvalue weighted by molar-refractivity contribution is -0.122. The molecule has 3 unspecified atom stereocenters. The molecule has 0 spiro atoms. The van der Waals surface area contributed by atoms with E-state index in [0.29, 0.717) is 11.2 Å². The summed E-state index contributed by atoms with van der Waals surface area (Å²) in [6.07, 6.45) is 5.15. The molecule has 1 fully saturated rings. The number of alkyl halides is 1. The first kappa shape index (κ1) is 16.0. The number of carbonyl (C=O) groups is 1. The average molecular weight is 340 g/mol. The molecule has 1 N–H and O–H groups in total. The van der Waals surface area contributed by atoms with Crippen molar-refractivity contribution < 1.29 is 13.2 Å². The Kier molecular flexibility index (Phi) is 5.23. The molecular formula is C12H22BrNO3S. The second kappa shape index (κ2) is 5.90. The monoisotopic (exact) mass is 339 g/mol. The van der Waals surface area contributed by atoms with Gasteiger partial charge in [0, 0.05) is 17.1 Å². The van der Waals surface area contributed by atoms with Crippen molar-refractivity contribution in [2.45, 2.75) is 50.3 Å². The molecule has 0 radical (unpaired) electrons. The number of hydrogen-bond donors (Lipinski definition) is 1. The molecule has 6 heteroatoms. The lowest BCUT2D eigenvalue weighted by Gasteiger charge is -2.40. The highest BCUT2D eigenvalue weighted by molar-refractivity contribution is 9.09. The van der Waals surface area contributed by atoms with E-state index in [-0.39, 0.29) is 11.4 Å². The Morgan fingerprint density at radius 3 is 2.61 bits per heavy atom. The normalized spacial score (nSPS) is 30.8. The lowest BCUT2D eigenvalue weighted by Crippen LogP contribution is -2.55. The van der Waals surface area contributed by atoms with E-state index in [1.165, 1.54) is 13.3 Å². The molecule has 0 heterocycles. The van der Waals surface area contributed by atoms with E-state index in [1.807, 2.05) is 0 Å². The van der Waals surface area contributed by atoms with Crippen molar-refractivity contribution in [2.24, 2.45) is 5.92 Å². The van der Waals surface area contributed by atoms with Crippen molar-refractivity contribution in [3.63, 3.8) is 0 Å². The SMILES string of the molecule is CC1CCCC(CBr)(NC(=O)C(C)S(C)(=O)=O)C1. The zero-order chi connectivity index (χ0) is 14.0. The molecule has 0 saturated heterocycles. The van der Waals surface area contributed by atoms with Gasteiger partial charge in [0.15, 0.2) is 9.84 Å². The molecule has 3 atom stereocenters. The van der Waals surface area contributed by atoms with E-state index in [2.05, 4.69) is 28.2 Å². The van der Waals surface area contributed by atoms with Gasteiger partial charge in [-0.3, -0.25) is 4.79 Å². The highest BCUT2D eigenvalue weighted by atomic mass is 79.9. The molecule has 1 rings (SSSR count). The predicted octanol–water partition coefficient (Wildman–Crippen LogP) is 1.88. The van der Waals surface area contributed by atoms with Gasteiger partial charge in [0.2, 0.25) is 5.91 Å². The van der Waals surface area contributed by atoms with Crippen molar-refractivity contribution in [2.75, 3.05) is 11.6 Å². The number of nitrogens with one attached hydrogen (secondary N) is 1. The van der Waals surface area contributed by atoms with E-state index < -0.39 is 15.1 Å². The van der Waals surface area contributed by atoms with Crippen LogP contribution in [0.5, 0.6) is 0 Å². The summed E-state index contributed by atoms with van der Waals surface area (Å²) in [6, 6.07) is 0. The van der Waals surface area contributed by atoms with Gasteiger partial charge in [-0.2, -0.15) is 0 Å². The second-order valence-electron chi connectivity index (χ2n) is 5.58. The number of rotatable bonds is 4. The minimum Gasteiger partial charge on any atom is -0.349 e. The third-order valence-corrected chi connectivity index (χ3v) is 6.32. The third kappa shape index (κ3) is 3.95. The molecule has 1 saturated carbocycles. The quantitative estimate of drug-likeness (QED) is 0.795. The van der Waals surface area contributed by atoms with Gasteiger partial charge < -0.3 is 5.32 Å². The van der Waals surface area contributed by atoms with Crippen LogP contribution >= 0.6 is 15.9 Å². The largest absolute Gasteiger partial charge is 0.349 e. The molecule has 1 aliphatic rings. The van der Waals surface area contributed by atoms with Crippen LogP contribution in [0.3, 0.4) is 0 Å². The predicted molar refractivity (Wildman–Crippen MR) is 76.6 cm³/mol. The average Bonchev–Trinajstić information content (AvgIpc) is 2.26. The summed E-state index contributed by atoms with van der Waals surface area (Å²) >= 11 is 3.46. The Bertz CT molecular complexity index is 410. The molecule has 0 aromatic carbocycles. The number of halogens is 1. The number of sulfone groups is 1. The van der Waals surface area contributed by atoms with Gasteiger partial charge in [0.05, 0.1) is 0 Å². The number of amides is 1. The van der Waals surface area contributed by atoms with Gasteiger partial charge in [-0.1, -0.05) is 35.7 Å². The summed E-state index contributed by atoms with van der Waals surface area (Å²) in [6.45, 7) is 3.61. The molecule has 1 amide bonds. The van der Waals surface area contributed by atoms with Crippen LogP contribution in [0.2, 0.25) is 0 Å². The Balaban J connectivity index is 2.77. The molecule has 0 aliphatic heterocycles. The van der Waals surface area contributed by atoms with Crippen molar-refractivity contribution >= 4 is 31.7 Å². The molecule has 0 aromatic rings. The number of carbonyl (C=O) groups excluding carboxylic acids is 1. The molecule has 4 nitrogen and oxygen atoms in total. The number of hydrogen-bond acceptors (Lipinski definition) is 3. The van der Waals surface area contributed by atoms with E-state index in [1.54, 1.807) is 0 Å². The Hall–Kier alpha value is -0.100. The van der Waals surface area contributed by atoms with Crippen molar-refractivity contribution in [3.8, 4) is 0 Å². The van der Waals surface area contributed by atoms with Crippen LogP contribution < -0.4 is 5.32 Å². The van der Waals surface area contributed by atoms with Crippen LogP contribution in [0.4, 0.5) is 0 Å². The first-order valence-electron chi connectivity index (χ1n) is 6.27. The topological polar surface area (TPSA) is 63.2 Å². The summed E-state index contributed by atoms with van der Waals surface area (Å²) in [7, 11) is -3.33. The maximum absolute atomic E-state index is 12.0. The maximum Gasteiger partial charge on any atom is 0.238 e. The van der Waals surface area contributed by atoms with Gasteiger partial charge in [0.1, 0.15) is 5.25 Å². The van der Waals surface area contributed by atoms with E-state index in [9.17, 15) is 13.2 Å². The fourth-order valence-corrected chi connectivity index (χ4v) is 3.58. The van der Waals surface area contributed by atoms with E-state index in [4.69, 9.17) is 0 Å². The minimum atomic E-state index is -3.33. The Labute approximate surface area is 118 Å². The highest BCUT2D eigenvalue weighted by Gasteiger charge is 2.37. The summed E-state index contributed by atoms with van der Waals surface area (Å²) in [5.74, 6) is 0.177. The van der Waals surface area contributed by atoms with Crippen LogP contribution in [0.1, 0.15) is 39.5 Å². The second-order valence-corrected chi connectivity index (χ2v) is 8.50. The van der Waals surface area contributed by atoms with Gasteiger partial charge >= 0.3 is 0 Å². The van der Waals surface area contributed by atoms with Gasteiger partial charge in [0.25, 0.3) is 0 Å². The molecule has 0 aromatic heterocycles. The van der Waals surface area contributed by atoms with Crippen LogP contribution in [-0.2, 0) is 14.6 Å². The van der Waals surface area contributed by atoms with Crippen molar-refractivity contribution in [1.82, 2.24) is 5.32 Å². The van der Waals surface area contributed by atoms with Gasteiger partial charge in [-0.25, -0.2) is 8.42 Å². The Morgan fingerprint density at radius 1 is 1.56 bits per heavy atom. The third-order valence-electron chi connectivity index (χ3n) is 3.75. The van der Waals surface area contributed by atoms with Gasteiger partial charge in [-0.15, -0.1) is 0 Å². The van der Waals surface area contributed by atoms with Crippen LogP contribution in [-0.4, -0.2) is 36.7 Å². The van der Waals surface area contributed by atoms with Crippen molar-refractivity contribution in [3.05, 3.63) is 0 Å². The van der Waals surface area contributed by atoms with Gasteiger partial charge in [-0.05, 0) is 25.7 Å². The molecule has 18 heavy (non-hydrogen) atoms. The summed E-state index contributed by atoms with van der Waals surface area (Å²) in [5.41, 5.74) is -0.284. The van der Waals surface area contributed by atoms with Crippen molar-refractivity contribution in [1.29, 1.82) is 0 Å². The molecular weight excluding hydrogens is 318 g/mol. The molecule has 1 aliphatic carbocycles. The zero-order valence-corrected chi connectivity index (χ0v) is 13.6. The zero-order valence-electron chi connectivity index (χ0n) is 11.2. The van der Waals surface area contributed by atoms with Crippen LogP contribution in [0, 0.1) is 5.92 Å². The highest BCUT2D eigenvalue weighted by Crippen LogP contribution is 2.33. The molecule has 0 bridgehead atoms. The first-order chi connectivity index (χ1) is 8.20. The standard InChI is InChI=1S/C12H22BrNO3S/c1-9-5-4-6-12(7-9,8-13)14-11(15)10(2)18(3,16)17/h9-10H,4-8H2,1-3H3,(H,14,15). The summed E-state index contributed by atoms with van der Waals surface area (Å²) in [4.78, 5) is 12.0. The lowest BCUT2D eigenvalue weighted by atomic mass is 9.77. The maximum atomic E-state index is 12.0. The summed E-state index contributed by atoms with van der Waals surface area (Å²) in [5, 5.41) is 2.65.